The second-order valence-corrected chi connectivity index (χ2v) is 3.57. The lowest BCUT2D eigenvalue weighted by atomic mass is 10.1. The molecular weight excluding hydrogens is 192 g/mol. The van der Waals surface area contributed by atoms with Gasteiger partial charge in [0.25, 0.3) is 5.69 Å². The first-order valence-electron chi connectivity index (χ1n) is 5.05. The Kier molecular flexibility index (Phi) is 4.24. The molecule has 1 aromatic rings. The summed E-state index contributed by atoms with van der Waals surface area (Å²) in [5.74, 6) is 0. The summed E-state index contributed by atoms with van der Waals surface area (Å²) in [5.41, 5.74) is 1.29. The molecule has 0 aliphatic carbocycles. The van der Waals surface area contributed by atoms with Crippen molar-refractivity contribution in [3.63, 3.8) is 0 Å². The van der Waals surface area contributed by atoms with Crippen molar-refractivity contribution in [3.8, 4) is 0 Å². The van der Waals surface area contributed by atoms with Crippen LogP contribution in [0.15, 0.2) is 24.3 Å². The quantitative estimate of drug-likeness (QED) is 0.550. The predicted octanol–water partition coefficient (Wildman–Crippen LogP) is 2.09. The van der Waals surface area contributed by atoms with Crippen LogP contribution in [0.2, 0.25) is 0 Å². The fourth-order valence-corrected chi connectivity index (χ4v) is 1.26. The normalized spacial score (nSPS) is 10.6. The molecular formula is C11H16N2O2. The molecule has 1 aromatic carbocycles. The van der Waals surface area contributed by atoms with Gasteiger partial charge in [-0.15, -0.1) is 0 Å². The summed E-state index contributed by atoms with van der Waals surface area (Å²) in [6.45, 7) is 4.11. The summed E-state index contributed by atoms with van der Waals surface area (Å²) in [7, 11) is 2.06. The van der Waals surface area contributed by atoms with Crippen molar-refractivity contribution in [1.29, 1.82) is 0 Å². The fraction of sp³-hybridized carbons (Fsp3) is 0.455. The molecule has 0 spiro atoms. The average molecular weight is 208 g/mol. The van der Waals surface area contributed by atoms with Crippen molar-refractivity contribution in [2.24, 2.45) is 0 Å². The molecule has 0 radical (unpaired) electrons. The third-order valence-electron chi connectivity index (χ3n) is 2.47. The predicted molar refractivity (Wildman–Crippen MR) is 60.0 cm³/mol. The molecule has 1 rings (SSSR count). The molecule has 0 aliphatic heterocycles. The summed E-state index contributed by atoms with van der Waals surface area (Å²) in [4.78, 5) is 12.3. The second kappa shape index (κ2) is 5.46. The smallest absolute Gasteiger partial charge is 0.269 e. The minimum atomic E-state index is -0.373. The molecule has 0 N–H and O–H groups in total. The summed E-state index contributed by atoms with van der Waals surface area (Å²) < 4.78 is 0. The SMILES string of the molecule is CCN(C)CCc1ccc([N+](=O)[O-])cc1. The van der Waals surface area contributed by atoms with Crippen molar-refractivity contribution in [2.75, 3.05) is 20.1 Å². The van der Waals surface area contributed by atoms with E-state index in [4.69, 9.17) is 0 Å². The number of hydrogen-bond acceptors (Lipinski definition) is 3. The van der Waals surface area contributed by atoms with Gasteiger partial charge in [0.05, 0.1) is 4.92 Å². The molecule has 0 aliphatic rings. The molecule has 0 atom stereocenters. The van der Waals surface area contributed by atoms with Crippen LogP contribution in [0.5, 0.6) is 0 Å². The van der Waals surface area contributed by atoms with E-state index in [0.717, 1.165) is 25.1 Å². The molecule has 0 fully saturated rings. The number of likely N-dealkylation sites (N-methyl/N-ethyl adjacent to an activating group) is 1. The standard InChI is InChI=1S/C11H16N2O2/c1-3-12(2)9-8-10-4-6-11(7-5-10)13(14)15/h4-7H,3,8-9H2,1-2H3. The zero-order valence-corrected chi connectivity index (χ0v) is 9.14. The molecule has 0 bridgehead atoms. The molecule has 0 saturated heterocycles. The summed E-state index contributed by atoms with van der Waals surface area (Å²) >= 11 is 0. The van der Waals surface area contributed by atoms with Crippen LogP contribution in [0.4, 0.5) is 5.69 Å². The molecule has 4 heteroatoms. The highest BCUT2D eigenvalue weighted by Crippen LogP contribution is 2.12. The molecule has 4 nitrogen and oxygen atoms in total. The van der Waals surface area contributed by atoms with Crippen molar-refractivity contribution >= 4 is 5.69 Å². The van der Waals surface area contributed by atoms with E-state index in [1.54, 1.807) is 12.1 Å². The second-order valence-electron chi connectivity index (χ2n) is 3.57. The highest BCUT2D eigenvalue weighted by atomic mass is 16.6. The summed E-state index contributed by atoms with van der Waals surface area (Å²) in [5, 5.41) is 10.4. The van der Waals surface area contributed by atoms with E-state index in [1.807, 2.05) is 12.1 Å². The van der Waals surface area contributed by atoms with Crippen molar-refractivity contribution in [3.05, 3.63) is 39.9 Å². The molecule has 0 unspecified atom stereocenters. The Labute approximate surface area is 89.7 Å². The van der Waals surface area contributed by atoms with Gasteiger partial charge in [-0.1, -0.05) is 19.1 Å². The van der Waals surface area contributed by atoms with Gasteiger partial charge < -0.3 is 4.90 Å². The van der Waals surface area contributed by atoms with Gasteiger partial charge >= 0.3 is 0 Å². The van der Waals surface area contributed by atoms with E-state index in [-0.39, 0.29) is 10.6 Å². The van der Waals surface area contributed by atoms with Crippen molar-refractivity contribution < 1.29 is 4.92 Å². The van der Waals surface area contributed by atoms with Gasteiger partial charge in [0, 0.05) is 18.7 Å². The summed E-state index contributed by atoms with van der Waals surface area (Å²) in [6, 6.07) is 6.76. The van der Waals surface area contributed by atoms with Gasteiger partial charge in [0.15, 0.2) is 0 Å². The van der Waals surface area contributed by atoms with Gasteiger partial charge in [-0.3, -0.25) is 10.1 Å². The van der Waals surface area contributed by atoms with Crippen LogP contribution in [-0.2, 0) is 6.42 Å². The molecule has 15 heavy (non-hydrogen) atoms. The van der Waals surface area contributed by atoms with Gasteiger partial charge in [-0.2, -0.15) is 0 Å². The van der Waals surface area contributed by atoms with Crippen LogP contribution in [0.1, 0.15) is 12.5 Å². The van der Waals surface area contributed by atoms with E-state index in [2.05, 4.69) is 18.9 Å². The lowest BCUT2D eigenvalue weighted by molar-refractivity contribution is -0.384. The zero-order valence-electron chi connectivity index (χ0n) is 9.14. The molecule has 0 saturated carbocycles. The van der Waals surface area contributed by atoms with Crippen molar-refractivity contribution in [2.45, 2.75) is 13.3 Å². The Hall–Kier alpha value is -1.42. The van der Waals surface area contributed by atoms with Gasteiger partial charge in [-0.05, 0) is 25.6 Å². The Morgan fingerprint density at radius 3 is 2.40 bits per heavy atom. The Morgan fingerprint density at radius 2 is 1.93 bits per heavy atom. The van der Waals surface area contributed by atoms with E-state index in [9.17, 15) is 10.1 Å². The molecule has 82 valence electrons. The topological polar surface area (TPSA) is 46.4 Å². The van der Waals surface area contributed by atoms with Crippen LogP contribution >= 0.6 is 0 Å². The van der Waals surface area contributed by atoms with Gasteiger partial charge in [-0.25, -0.2) is 0 Å². The fourth-order valence-electron chi connectivity index (χ4n) is 1.26. The molecule has 0 heterocycles. The monoisotopic (exact) mass is 208 g/mol. The largest absolute Gasteiger partial charge is 0.306 e. The third-order valence-corrected chi connectivity index (χ3v) is 2.47. The van der Waals surface area contributed by atoms with E-state index < -0.39 is 0 Å². The van der Waals surface area contributed by atoms with E-state index in [0.29, 0.717) is 0 Å². The van der Waals surface area contributed by atoms with Gasteiger partial charge in [0.2, 0.25) is 0 Å². The first kappa shape index (κ1) is 11.7. The Bertz CT molecular complexity index is 322. The zero-order chi connectivity index (χ0) is 11.3. The maximum atomic E-state index is 10.4. The number of nitro groups is 1. The van der Waals surface area contributed by atoms with Crippen molar-refractivity contribution in [1.82, 2.24) is 4.90 Å². The van der Waals surface area contributed by atoms with Crippen LogP contribution < -0.4 is 0 Å². The lowest BCUT2D eigenvalue weighted by Gasteiger charge is -2.12. The number of nitro benzene ring substituents is 1. The molecule has 0 aromatic heterocycles. The minimum Gasteiger partial charge on any atom is -0.306 e. The van der Waals surface area contributed by atoms with Crippen LogP contribution in [0, 0.1) is 10.1 Å². The average Bonchev–Trinajstić information content (AvgIpc) is 2.26. The minimum absolute atomic E-state index is 0.155. The highest BCUT2D eigenvalue weighted by Gasteiger charge is 2.04. The number of hydrogen-bond donors (Lipinski definition) is 0. The maximum absolute atomic E-state index is 10.4. The number of rotatable bonds is 5. The molecule has 0 amide bonds. The Morgan fingerprint density at radius 1 is 1.33 bits per heavy atom. The first-order chi connectivity index (χ1) is 7.13. The summed E-state index contributed by atoms with van der Waals surface area (Å²) in [6.07, 6.45) is 0.933. The maximum Gasteiger partial charge on any atom is 0.269 e. The number of non-ortho nitro benzene ring substituents is 1. The Balaban J connectivity index is 2.53. The van der Waals surface area contributed by atoms with Crippen LogP contribution in [-0.4, -0.2) is 30.0 Å². The third kappa shape index (κ3) is 3.67. The van der Waals surface area contributed by atoms with E-state index >= 15 is 0 Å². The highest BCUT2D eigenvalue weighted by molar-refractivity contribution is 5.32. The van der Waals surface area contributed by atoms with Crippen LogP contribution in [0.25, 0.3) is 0 Å². The first-order valence-corrected chi connectivity index (χ1v) is 5.05. The van der Waals surface area contributed by atoms with E-state index in [1.165, 1.54) is 0 Å². The number of nitrogens with zero attached hydrogens (tertiary/aromatic N) is 2. The number of benzene rings is 1. The lowest BCUT2D eigenvalue weighted by Crippen LogP contribution is -2.20. The van der Waals surface area contributed by atoms with Gasteiger partial charge in [0.1, 0.15) is 0 Å². The van der Waals surface area contributed by atoms with Crippen LogP contribution in [0.3, 0.4) is 0 Å².